The summed E-state index contributed by atoms with van der Waals surface area (Å²) in [6.07, 6.45) is 7.24. The lowest BCUT2D eigenvalue weighted by Gasteiger charge is -2.25. The van der Waals surface area contributed by atoms with Crippen LogP contribution in [-0.2, 0) is 7.05 Å². The summed E-state index contributed by atoms with van der Waals surface area (Å²) in [5, 5.41) is 11.6. The zero-order chi connectivity index (χ0) is 14.1. The van der Waals surface area contributed by atoms with Crippen molar-refractivity contribution in [1.82, 2.24) is 24.9 Å². The van der Waals surface area contributed by atoms with Gasteiger partial charge in [-0.1, -0.05) is 6.42 Å². The number of hydrogen-bond donors (Lipinski definition) is 1. The van der Waals surface area contributed by atoms with Gasteiger partial charge in [0.25, 0.3) is 5.91 Å². The molecule has 2 aromatic heterocycles. The van der Waals surface area contributed by atoms with Gasteiger partial charge in [0.1, 0.15) is 5.56 Å². The van der Waals surface area contributed by atoms with E-state index in [9.17, 15) is 4.79 Å². The van der Waals surface area contributed by atoms with E-state index in [0.717, 1.165) is 12.2 Å². The van der Waals surface area contributed by atoms with Gasteiger partial charge in [-0.2, -0.15) is 10.2 Å². The zero-order valence-corrected chi connectivity index (χ0v) is 11.8. The summed E-state index contributed by atoms with van der Waals surface area (Å²) in [6, 6.07) is 1.83. The summed E-state index contributed by atoms with van der Waals surface area (Å²) < 4.78 is 3.37. The number of nitrogens with one attached hydrogen (secondary N) is 1. The summed E-state index contributed by atoms with van der Waals surface area (Å²) in [5.74, 6) is 1.29. The van der Waals surface area contributed by atoms with Crippen LogP contribution in [-0.4, -0.2) is 32.0 Å². The van der Waals surface area contributed by atoms with E-state index in [1.54, 1.807) is 15.6 Å². The van der Waals surface area contributed by atoms with Gasteiger partial charge in [0.15, 0.2) is 5.82 Å². The molecule has 1 fully saturated rings. The Morgan fingerprint density at radius 3 is 2.90 bits per heavy atom. The maximum atomic E-state index is 12.4. The molecule has 1 aliphatic rings. The van der Waals surface area contributed by atoms with Gasteiger partial charge >= 0.3 is 0 Å². The molecule has 3 rings (SSSR count). The van der Waals surface area contributed by atoms with Crippen LogP contribution in [0.2, 0.25) is 0 Å². The second-order valence-electron chi connectivity index (χ2n) is 5.37. The second-order valence-corrected chi connectivity index (χ2v) is 5.37. The molecule has 1 aliphatic carbocycles. The summed E-state index contributed by atoms with van der Waals surface area (Å²) in [6.45, 7) is 2.61. The largest absolute Gasteiger partial charge is 0.352 e. The first-order chi connectivity index (χ1) is 9.66. The molecule has 6 nitrogen and oxygen atoms in total. The van der Waals surface area contributed by atoms with Crippen molar-refractivity contribution in [2.75, 3.05) is 6.54 Å². The van der Waals surface area contributed by atoms with Gasteiger partial charge in [0.05, 0.1) is 5.69 Å². The number of aryl methyl sites for hydroxylation is 2. The number of nitrogens with zero attached hydrogens (tertiary/aromatic N) is 4. The lowest BCUT2D eigenvalue weighted by atomic mass is 9.85. The van der Waals surface area contributed by atoms with Crippen LogP contribution in [0.4, 0.5) is 0 Å². The Hall–Kier alpha value is -2.11. The zero-order valence-electron chi connectivity index (χ0n) is 11.8. The maximum Gasteiger partial charge on any atom is 0.257 e. The highest BCUT2D eigenvalue weighted by molar-refractivity contribution is 5.98. The average Bonchev–Trinajstić information content (AvgIpc) is 2.94. The highest BCUT2D eigenvalue weighted by atomic mass is 16.1. The van der Waals surface area contributed by atoms with Crippen LogP contribution < -0.4 is 5.32 Å². The first-order valence-electron chi connectivity index (χ1n) is 6.98. The summed E-state index contributed by atoms with van der Waals surface area (Å²) in [5.41, 5.74) is 1.33. The quantitative estimate of drug-likeness (QED) is 0.917. The van der Waals surface area contributed by atoms with Gasteiger partial charge in [0.2, 0.25) is 0 Å². The van der Waals surface area contributed by atoms with Gasteiger partial charge in [0, 0.05) is 26.0 Å². The number of aromatic nitrogens is 4. The van der Waals surface area contributed by atoms with E-state index in [0.29, 0.717) is 17.3 Å². The third-order valence-corrected chi connectivity index (χ3v) is 3.92. The third-order valence-electron chi connectivity index (χ3n) is 3.92. The molecule has 1 amide bonds. The van der Waals surface area contributed by atoms with E-state index < -0.39 is 0 Å². The minimum atomic E-state index is -0.0620. The van der Waals surface area contributed by atoms with Crippen molar-refractivity contribution in [3.63, 3.8) is 0 Å². The molecule has 2 heterocycles. The number of rotatable bonds is 4. The molecule has 20 heavy (non-hydrogen) atoms. The Balaban J connectivity index is 1.86. The smallest absolute Gasteiger partial charge is 0.257 e. The van der Waals surface area contributed by atoms with Crippen molar-refractivity contribution >= 4 is 5.91 Å². The third kappa shape index (κ3) is 2.21. The van der Waals surface area contributed by atoms with Crippen molar-refractivity contribution in [3.05, 3.63) is 29.7 Å². The minimum absolute atomic E-state index is 0.0620. The number of hydrogen-bond acceptors (Lipinski definition) is 3. The van der Waals surface area contributed by atoms with Crippen LogP contribution in [0.5, 0.6) is 0 Å². The Morgan fingerprint density at radius 2 is 2.30 bits per heavy atom. The van der Waals surface area contributed by atoms with E-state index in [1.807, 2.05) is 26.2 Å². The van der Waals surface area contributed by atoms with Gasteiger partial charge in [-0.15, -0.1) is 0 Å². The molecular formula is C14H19N5O. The predicted molar refractivity (Wildman–Crippen MR) is 74.7 cm³/mol. The van der Waals surface area contributed by atoms with Gasteiger partial charge in [-0.25, -0.2) is 9.36 Å². The van der Waals surface area contributed by atoms with Gasteiger partial charge in [-0.3, -0.25) is 4.79 Å². The predicted octanol–water partition coefficient (Wildman–Crippen LogP) is 1.44. The fourth-order valence-corrected chi connectivity index (χ4v) is 2.59. The SMILES string of the molecule is Cc1nn(C)c(-n2cccn2)c1C(=O)NCC1CCC1. The van der Waals surface area contributed by atoms with Crippen molar-refractivity contribution < 1.29 is 4.79 Å². The maximum absolute atomic E-state index is 12.4. The molecule has 0 spiro atoms. The first-order valence-corrected chi connectivity index (χ1v) is 6.98. The first kappa shape index (κ1) is 12.9. The van der Waals surface area contributed by atoms with Crippen molar-refractivity contribution in [2.45, 2.75) is 26.2 Å². The van der Waals surface area contributed by atoms with E-state index in [1.165, 1.54) is 19.3 Å². The standard InChI is InChI=1S/C14H19N5O/c1-10-12(13(20)15-9-11-5-3-6-11)14(18(2)17-10)19-8-4-7-16-19/h4,7-8,11H,3,5-6,9H2,1-2H3,(H,15,20). The van der Waals surface area contributed by atoms with Crippen LogP contribution in [0.3, 0.4) is 0 Å². The molecule has 0 unspecified atom stereocenters. The topological polar surface area (TPSA) is 64.7 Å². The van der Waals surface area contributed by atoms with E-state index in [-0.39, 0.29) is 5.91 Å². The monoisotopic (exact) mass is 273 g/mol. The molecule has 0 saturated heterocycles. The van der Waals surface area contributed by atoms with Crippen LogP contribution in [0.15, 0.2) is 18.5 Å². The molecule has 6 heteroatoms. The number of carbonyl (C=O) groups excluding carboxylic acids is 1. The Morgan fingerprint density at radius 1 is 1.50 bits per heavy atom. The second kappa shape index (κ2) is 5.11. The van der Waals surface area contributed by atoms with Crippen LogP contribution >= 0.6 is 0 Å². The summed E-state index contributed by atoms with van der Waals surface area (Å²) >= 11 is 0. The fourth-order valence-electron chi connectivity index (χ4n) is 2.59. The van der Waals surface area contributed by atoms with Crippen molar-refractivity contribution in [3.8, 4) is 5.82 Å². The lowest BCUT2D eigenvalue weighted by molar-refractivity contribution is 0.0938. The molecule has 0 aromatic carbocycles. The van der Waals surface area contributed by atoms with Crippen molar-refractivity contribution in [2.24, 2.45) is 13.0 Å². The van der Waals surface area contributed by atoms with Gasteiger partial charge < -0.3 is 5.32 Å². The number of carbonyl (C=O) groups is 1. The summed E-state index contributed by atoms with van der Waals surface area (Å²) in [7, 11) is 1.83. The van der Waals surface area contributed by atoms with E-state index in [4.69, 9.17) is 0 Å². The lowest BCUT2D eigenvalue weighted by Crippen LogP contribution is -2.33. The average molecular weight is 273 g/mol. The molecule has 1 N–H and O–H groups in total. The Labute approximate surface area is 117 Å². The molecule has 106 valence electrons. The Kier molecular flexibility index (Phi) is 3.30. The molecule has 0 atom stereocenters. The van der Waals surface area contributed by atoms with Crippen LogP contribution in [0, 0.1) is 12.8 Å². The van der Waals surface area contributed by atoms with E-state index in [2.05, 4.69) is 15.5 Å². The Bertz CT molecular complexity index is 610. The highest BCUT2D eigenvalue weighted by Crippen LogP contribution is 2.25. The normalized spacial score (nSPS) is 15.1. The van der Waals surface area contributed by atoms with Crippen LogP contribution in [0.25, 0.3) is 5.82 Å². The minimum Gasteiger partial charge on any atom is -0.352 e. The molecule has 0 radical (unpaired) electrons. The number of amides is 1. The molecule has 0 bridgehead atoms. The molecule has 1 saturated carbocycles. The van der Waals surface area contributed by atoms with Gasteiger partial charge in [-0.05, 0) is 31.7 Å². The molecule has 2 aromatic rings. The highest BCUT2D eigenvalue weighted by Gasteiger charge is 2.24. The molecule has 0 aliphatic heterocycles. The summed E-state index contributed by atoms with van der Waals surface area (Å²) in [4.78, 5) is 12.4. The van der Waals surface area contributed by atoms with E-state index >= 15 is 0 Å². The van der Waals surface area contributed by atoms with Crippen molar-refractivity contribution in [1.29, 1.82) is 0 Å². The van der Waals surface area contributed by atoms with Crippen LogP contribution in [0.1, 0.15) is 35.3 Å². The fraction of sp³-hybridized carbons (Fsp3) is 0.500. The molecular weight excluding hydrogens is 254 g/mol.